The molecule has 3 heterocycles. The largest absolute Gasteiger partial charge is 0.474 e. The van der Waals surface area contributed by atoms with E-state index in [4.69, 9.17) is 4.74 Å². The number of nitrogens with one attached hydrogen (secondary N) is 1. The highest BCUT2D eigenvalue weighted by molar-refractivity contribution is 5.51. The van der Waals surface area contributed by atoms with Gasteiger partial charge in [-0.15, -0.1) is 0 Å². The Morgan fingerprint density at radius 3 is 2.15 bits per heavy atom. The predicted octanol–water partition coefficient (Wildman–Crippen LogP) is 5.53. The van der Waals surface area contributed by atoms with Gasteiger partial charge in [-0.2, -0.15) is 13.2 Å². The van der Waals surface area contributed by atoms with Crippen molar-refractivity contribution in [1.82, 2.24) is 9.97 Å². The minimum absolute atomic E-state index is 0.0146. The molecular formula is C27H29F3N6O3. The second-order valence-corrected chi connectivity index (χ2v) is 9.77. The lowest BCUT2D eigenvalue weighted by atomic mass is 10.0. The summed E-state index contributed by atoms with van der Waals surface area (Å²) in [6, 6.07) is 13.7. The molecule has 0 aliphatic carbocycles. The Kier molecular flexibility index (Phi) is 7.71. The Labute approximate surface area is 223 Å². The number of hydrogen-bond donors (Lipinski definition) is 1. The lowest BCUT2D eigenvalue weighted by molar-refractivity contribution is -0.384. The van der Waals surface area contributed by atoms with Crippen molar-refractivity contribution in [1.29, 1.82) is 0 Å². The van der Waals surface area contributed by atoms with Crippen LogP contribution >= 0.6 is 0 Å². The van der Waals surface area contributed by atoms with Crippen molar-refractivity contribution < 1.29 is 22.8 Å². The zero-order valence-corrected chi connectivity index (χ0v) is 21.2. The monoisotopic (exact) mass is 542 g/mol. The van der Waals surface area contributed by atoms with Crippen molar-refractivity contribution in [2.75, 3.05) is 41.3 Å². The van der Waals surface area contributed by atoms with Crippen LogP contribution in [0.4, 0.5) is 36.1 Å². The van der Waals surface area contributed by atoms with Crippen molar-refractivity contribution in [2.45, 2.75) is 44.0 Å². The van der Waals surface area contributed by atoms with E-state index in [1.54, 1.807) is 12.1 Å². The SMILES string of the molecule is O=[N+]([O-])c1ccc(N2CCC(Oc3cc(N4CCC(Nc5ccc(C(F)(F)F)cc5)CC4)ncn3)CC2)cc1. The molecule has 1 aromatic heterocycles. The van der Waals surface area contributed by atoms with Crippen molar-refractivity contribution >= 4 is 22.9 Å². The molecule has 2 saturated heterocycles. The van der Waals surface area contributed by atoms with Crippen molar-refractivity contribution in [2.24, 2.45) is 0 Å². The van der Waals surface area contributed by atoms with Gasteiger partial charge in [0, 0.05) is 74.6 Å². The molecule has 39 heavy (non-hydrogen) atoms. The van der Waals surface area contributed by atoms with Gasteiger partial charge in [0.25, 0.3) is 5.69 Å². The molecule has 0 radical (unpaired) electrons. The number of nitro groups is 1. The van der Waals surface area contributed by atoms with Gasteiger partial charge in [-0.05, 0) is 49.2 Å². The van der Waals surface area contributed by atoms with Crippen molar-refractivity contribution in [3.63, 3.8) is 0 Å². The maximum atomic E-state index is 12.8. The number of alkyl halides is 3. The third-order valence-corrected chi connectivity index (χ3v) is 7.18. The van der Waals surface area contributed by atoms with Crippen LogP contribution in [0.25, 0.3) is 0 Å². The summed E-state index contributed by atoms with van der Waals surface area (Å²) in [4.78, 5) is 23.5. The van der Waals surface area contributed by atoms with E-state index < -0.39 is 16.7 Å². The predicted molar refractivity (Wildman–Crippen MR) is 141 cm³/mol. The van der Waals surface area contributed by atoms with Crippen LogP contribution in [0.5, 0.6) is 5.88 Å². The Morgan fingerprint density at radius 2 is 1.54 bits per heavy atom. The van der Waals surface area contributed by atoms with E-state index in [0.717, 1.165) is 75.5 Å². The van der Waals surface area contributed by atoms with E-state index in [0.29, 0.717) is 11.6 Å². The van der Waals surface area contributed by atoms with Crippen LogP contribution in [0.1, 0.15) is 31.2 Å². The Bertz CT molecular complexity index is 1260. The van der Waals surface area contributed by atoms with Gasteiger partial charge in [0.15, 0.2) is 0 Å². The smallest absolute Gasteiger partial charge is 0.416 e. The lowest BCUT2D eigenvalue weighted by Gasteiger charge is -2.34. The molecule has 0 bridgehead atoms. The second-order valence-electron chi connectivity index (χ2n) is 9.77. The van der Waals surface area contributed by atoms with Crippen LogP contribution in [0.2, 0.25) is 0 Å². The topological polar surface area (TPSA) is 96.7 Å². The summed E-state index contributed by atoms with van der Waals surface area (Å²) in [5, 5.41) is 14.2. The molecule has 2 aromatic carbocycles. The molecule has 2 fully saturated rings. The van der Waals surface area contributed by atoms with Gasteiger partial charge in [-0.3, -0.25) is 10.1 Å². The number of non-ortho nitro benzene ring substituents is 1. The standard InChI is InChI=1S/C27H29F3N6O3/c28-27(29,30)19-1-3-20(4-2-19)33-21-9-13-35(14-10-21)25-17-26(32-18-31-25)39-24-11-15-34(16-12-24)22-5-7-23(8-6-22)36(37)38/h1-8,17-18,21,24,33H,9-16H2. The minimum Gasteiger partial charge on any atom is -0.474 e. The maximum absolute atomic E-state index is 12.8. The van der Waals surface area contributed by atoms with Crippen LogP contribution in [0.3, 0.4) is 0 Å². The van der Waals surface area contributed by atoms with E-state index >= 15 is 0 Å². The Balaban J connectivity index is 1.09. The fraction of sp³-hybridized carbons (Fsp3) is 0.407. The van der Waals surface area contributed by atoms with Gasteiger partial charge in [0.1, 0.15) is 18.2 Å². The van der Waals surface area contributed by atoms with Gasteiger partial charge in [0.05, 0.1) is 10.5 Å². The summed E-state index contributed by atoms with van der Waals surface area (Å²) in [5.41, 5.74) is 1.06. The number of aromatic nitrogens is 2. The Morgan fingerprint density at radius 1 is 0.897 bits per heavy atom. The summed E-state index contributed by atoms with van der Waals surface area (Å²) in [6.45, 7) is 3.06. The van der Waals surface area contributed by atoms with E-state index in [-0.39, 0.29) is 17.8 Å². The molecule has 0 atom stereocenters. The highest BCUT2D eigenvalue weighted by Crippen LogP contribution is 2.31. The normalized spacial score (nSPS) is 17.2. The molecule has 2 aliphatic rings. The number of anilines is 3. The zero-order chi connectivity index (χ0) is 27.4. The summed E-state index contributed by atoms with van der Waals surface area (Å²) < 4.78 is 44.5. The molecule has 5 rings (SSSR count). The summed E-state index contributed by atoms with van der Waals surface area (Å²) in [7, 11) is 0. The maximum Gasteiger partial charge on any atom is 0.416 e. The van der Waals surface area contributed by atoms with Crippen LogP contribution < -0.4 is 19.9 Å². The van der Waals surface area contributed by atoms with Crippen molar-refractivity contribution in [3.05, 3.63) is 76.6 Å². The van der Waals surface area contributed by atoms with Gasteiger partial charge >= 0.3 is 6.18 Å². The number of hydrogen-bond acceptors (Lipinski definition) is 8. The number of rotatable bonds is 7. The van der Waals surface area contributed by atoms with Crippen LogP contribution in [-0.4, -0.2) is 53.2 Å². The highest BCUT2D eigenvalue weighted by Gasteiger charge is 2.30. The molecule has 206 valence electrons. The fourth-order valence-corrected chi connectivity index (χ4v) is 5.00. The van der Waals surface area contributed by atoms with E-state index in [2.05, 4.69) is 25.1 Å². The summed E-state index contributed by atoms with van der Waals surface area (Å²) >= 11 is 0. The quantitative estimate of drug-likeness (QED) is 0.308. The second kappa shape index (κ2) is 11.3. The first-order chi connectivity index (χ1) is 18.7. The molecule has 0 unspecified atom stereocenters. The number of nitro benzene ring substituents is 1. The third kappa shape index (κ3) is 6.68. The lowest BCUT2D eigenvalue weighted by Crippen LogP contribution is -2.39. The molecule has 3 aromatic rings. The average molecular weight is 543 g/mol. The van der Waals surface area contributed by atoms with Gasteiger partial charge in [0.2, 0.25) is 5.88 Å². The zero-order valence-electron chi connectivity index (χ0n) is 21.2. The van der Waals surface area contributed by atoms with E-state index in [1.165, 1.54) is 30.6 Å². The van der Waals surface area contributed by atoms with Gasteiger partial charge in [-0.1, -0.05) is 0 Å². The minimum atomic E-state index is -4.34. The molecule has 12 heteroatoms. The van der Waals surface area contributed by atoms with Gasteiger partial charge in [-0.25, -0.2) is 9.97 Å². The molecule has 0 amide bonds. The molecule has 0 saturated carbocycles. The highest BCUT2D eigenvalue weighted by atomic mass is 19.4. The first kappa shape index (κ1) is 26.5. The summed E-state index contributed by atoms with van der Waals surface area (Å²) in [5.74, 6) is 1.31. The molecular weight excluding hydrogens is 513 g/mol. The molecule has 0 spiro atoms. The van der Waals surface area contributed by atoms with Crippen LogP contribution in [0, 0.1) is 10.1 Å². The molecule has 9 nitrogen and oxygen atoms in total. The molecule has 2 aliphatic heterocycles. The van der Waals surface area contributed by atoms with Crippen molar-refractivity contribution in [3.8, 4) is 5.88 Å². The Hall–Kier alpha value is -4.09. The van der Waals surface area contributed by atoms with Crippen LogP contribution in [-0.2, 0) is 6.18 Å². The fourth-order valence-electron chi connectivity index (χ4n) is 5.00. The van der Waals surface area contributed by atoms with Crippen LogP contribution in [0.15, 0.2) is 60.9 Å². The number of halogens is 3. The first-order valence-electron chi connectivity index (χ1n) is 12.9. The number of piperidine rings is 2. The van der Waals surface area contributed by atoms with E-state index in [9.17, 15) is 23.3 Å². The van der Waals surface area contributed by atoms with Gasteiger partial charge < -0.3 is 19.9 Å². The van der Waals surface area contributed by atoms with E-state index in [1.807, 2.05) is 6.07 Å². The third-order valence-electron chi connectivity index (χ3n) is 7.18. The first-order valence-corrected chi connectivity index (χ1v) is 12.9. The number of ether oxygens (including phenoxy) is 1. The molecule has 1 N–H and O–H groups in total. The summed E-state index contributed by atoms with van der Waals surface area (Å²) in [6.07, 6.45) is 0.430. The average Bonchev–Trinajstić information content (AvgIpc) is 2.94. The number of nitrogens with zero attached hydrogens (tertiary/aromatic N) is 5. The number of benzene rings is 2.